The molecule has 0 spiro atoms. The van der Waals surface area contributed by atoms with Gasteiger partial charge in [-0.25, -0.2) is 9.59 Å². The van der Waals surface area contributed by atoms with Gasteiger partial charge in [-0.2, -0.15) is 0 Å². The van der Waals surface area contributed by atoms with Gasteiger partial charge in [0.15, 0.2) is 0 Å². The number of amides is 1. The summed E-state index contributed by atoms with van der Waals surface area (Å²) in [5.74, 6) is -1.09. The van der Waals surface area contributed by atoms with E-state index in [0.29, 0.717) is 25.9 Å². The molecule has 0 unspecified atom stereocenters. The first-order valence-electron chi connectivity index (χ1n) is 11.6. The smallest absolute Gasteiger partial charge is 0.408 e. The first kappa shape index (κ1) is 22.0. The minimum atomic E-state index is -1.33. The van der Waals surface area contributed by atoms with E-state index in [2.05, 4.69) is 34.5 Å². The Morgan fingerprint density at radius 2 is 1.50 bits per heavy atom. The van der Waals surface area contributed by atoms with Crippen LogP contribution in [0.15, 0.2) is 72.8 Å². The van der Waals surface area contributed by atoms with Crippen molar-refractivity contribution in [2.45, 2.75) is 31.2 Å². The summed E-state index contributed by atoms with van der Waals surface area (Å²) in [4.78, 5) is 27.1. The number of ether oxygens (including phenoxy) is 1. The van der Waals surface area contributed by atoms with Crippen LogP contribution in [0.1, 0.15) is 35.4 Å². The zero-order chi connectivity index (χ0) is 23.7. The van der Waals surface area contributed by atoms with E-state index in [1.807, 2.05) is 55.5 Å². The maximum atomic E-state index is 12.8. The molecule has 0 radical (unpaired) electrons. The third-order valence-corrected chi connectivity index (χ3v) is 7.11. The second-order valence-electron chi connectivity index (χ2n) is 9.16. The average molecular weight is 457 g/mol. The van der Waals surface area contributed by atoms with E-state index >= 15 is 0 Å². The fourth-order valence-corrected chi connectivity index (χ4v) is 5.12. The third-order valence-electron chi connectivity index (χ3n) is 7.11. The van der Waals surface area contributed by atoms with E-state index in [4.69, 9.17) is 4.74 Å². The number of aryl methyl sites for hydroxylation is 1. The van der Waals surface area contributed by atoms with E-state index < -0.39 is 17.6 Å². The molecule has 6 heteroatoms. The number of nitrogens with one attached hydrogen (secondary N) is 1. The van der Waals surface area contributed by atoms with E-state index in [9.17, 15) is 14.7 Å². The van der Waals surface area contributed by atoms with Crippen LogP contribution in [0.3, 0.4) is 0 Å². The highest BCUT2D eigenvalue weighted by Crippen LogP contribution is 2.44. The molecule has 1 aliphatic heterocycles. The fourth-order valence-electron chi connectivity index (χ4n) is 5.12. The molecule has 3 aromatic carbocycles. The van der Waals surface area contributed by atoms with Crippen LogP contribution in [0, 0.1) is 6.92 Å². The number of carboxylic acid groups (broad SMARTS) is 1. The number of hydrogen-bond acceptors (Lipinski definition) is 4. The molecule has 1 fully saturated rings. The van der Waals surface area contributed by atoms with Crippen molar-refractivity contribution in [3.63, 3.8) is 0 Å². The molecule has 34 heavy (non-hydrogen) atoms. The van der Waals surface area contributed by atoms with Crippen LogP contribution in [0.4, 0.5) is 10.5 Å². The Hall–Kier alpha value is -3.80. The number of carbonyl (C=O) groups is 2. The molecule has 1 amide bonds. The van der Waals surface area contributed by atoms with Crippen molar-refractivity contribution in [2.24, 2.45) is 0 Å². The standard InChI is InChI=1S/C28H28N2O4/c1-19-10-12-20(13-11-19)30-16-14-28(15-17-30,26(31)32)29-27(33)34-18-25-23-8-4-2-6-21(23)22-7-3-5-9-24(22)25/h2-13,25H,14-18H2,1H3,(H,29,33)(H,31,32). The third kappa shape index (κ3) is 4.00. The average Bonchev–Trinajstić information content (AvgIpc) is 3.17. The Bertz CT molecular complexity index is 1170. The lowest BCUT2D eigenvalue weighted by atomic mass is 9.87. The second kappa shape index (κ2) is 8.86. The predicted octanol–water partition coefficient (Wildman–Crippen LogP) is 4.96. The highest BCUT2D eigenvalue weighted by molar-refractivity contribution is 5.85. The van der Waals surface area contributed by atoms with Crippen molar-refractivity contribution in [3.8, 4) is 11.1 Å². The molecule has 1 heterocycles. The normalized spacial score (nSPS) is 16.4. The predicted molar refractivity (Wildman–Crippen MR) is 131 cm³/mol. The molecule has 0 saturated carbocycles. The minimum Gasteiger partial charge on any atom is -0.480 e. The number of aliphatic carboxylic acids is 1. The van der Waals surface area contributed by atoms with Gasteiger partial charge in [0.1, 0.15) is 12.1 Å². The summed E-state index contributed by atoms with van der Waals surface area (Å²) in [6.45, 7) is 3.27. The summed E-state index contributed by atoms with van der Waals surface area (Å²) in [5.41, 5.74) is 5.45. The van der Waals surface area contributed by atoms with E-state index in [0.717, 1.165) is 27.9 Å². The molecule has 5 rings (SSSR count). The van der Waals surface area contributed by atoms with E-state index in [1.54, 1.807) is 0 Å². The topological polar surface area (TPSA) is 78.9 Å². The molecule has 0 bridgehead atoms. The van der Waals surface area contributed by atoms with Crippen LogP contribution in [0.2, 0.25) is 0 Å². The summed E-state index contributed by atoms with van der Waals surface area (Å²) >= 11 is 0. The van der Waals surface area contributed by atoms with Gasteiger partial charge in [-0.05, 0) is 54.2 Å². The number of benzene rings is 3. The summed E-state index contributed by atoms with van der Waals surface area (Å²) in [6.07, 6.45) is -0.0751. The van der Waals surface area contributed by atoms with Crippen LogP contribution in [-0.4, -0.2) is 42.4 Å². The number of alkyl carbamates (subject to hydrolysis) is 1. The van der Waals surface area contributed by atoms with Crippen LogP contribution in [-0.2, 0) is 9.53 Å². The van der Waals surface area contributed by atoms with Crippen molar-refractivity contribution >= 4 is 17.7 Å². The SMILES string of the molecule is Cc1ccc(N2CCC(NC(=O)OCC3c4ccccc4-c4ccccc43)(C(=O)O)CC2)cc1. The Kier molecular flexibility index (Phi) is 5.74. The van der Waals surface area contributed by atoms with Gasteiger partial charge in [0.05, 0.1) is 0 Å². The lowest BCUT2D eigenvalue weighted by molar-refractivity contribution is -0.145. The number of rotatable bonds is 5. The zero-order valence-electron chi connectivity index (χ0n) is 19.2. The number of carbonyl (C=O) groups excluding carboxylic acids is 1. The number of nitrogens with zero attached hydrogens (tertiary/aromatic N) is 1. The summed E-state index contributed by atoms with van der Waals surface area (Å²) in [5, 5.41) is 12.7. The Labute approximate surface area is 199 Å². The fraction of sp³-hybridized carbons (Fsp3) is 0.286. The molecule has 6 nitrogen and oxygen atoms in total. The number of fused-ring (bicyclic) bond motifs is 3. The maximum Gasteiger partial charge on any atom is 0.408 e. The van der Waals surface area contributed by atoms with Gasteiger partial charge in [0, 0.05) is 24.7 Å². The van der Waals surface area contributed by atoms with Crippen molar-refractivity contribution < 1.29 is 19.4 Å². The van der Waals surface area contributed by atoms with Gasteiger partial charge < -0.3 is 20.1 Å². The number of carboxylic acids is 1. The number of hydrogen-bond donors (Lipinski definition) is 2. The quantitative estimate of drug-likeness (QED) is 0.568. The van der Waals surface area contributed by atoms with Gasteiger partial charge in [0.25, 0.3) is 0 Å². The Morgan fingerprint density at radius 1 is 0.941 bits per heavy atom. The van der Waals surface area contributed by atoms with Gasteiger partial charge in [-0.1, -0.05) is 66.2 Å². The van der Waals surface area contributed by atoms with Crippen molar-refractivity contribution in [1.29, 1.82) is 0 Å². The highest BCUT2D eigenvalue weighted by Gasteiger charge is 2.43. The summed E-state index contributed by atoms with van der Waals surface area (Å²) in [7, 11) is 0. The van der Waals surface area contributed by atoms with Crippen LogP contribution in [0.5, 0.6) is 0 Å². The van der Waals surface area contributed by atoms with Crippen molar-refractivity contribution in [3.05, 3.63) is 89.5 Å². The maximum absolute atomic E-state index is 12.8. The van der Waals surface area contributed by atoms with E-state index in [-0.39, 0.29) is 12.5 Å². The summed E-state index contributed by atoms with van der Waals surface area (Å²) < 4.78 is 5.62. The first-order chi connectivity index (χ1) is 16.5. The van der Waals surface area contributed by atoms with Gasteiger partial charge in [-0.3, -0.25) is 0 Å². The largest absolute Gasteiger partial charge is 0.480 e. The van der Waals surface area contributed by atoms with Crippen molar-refractivity contribution in [2.75, 3.05) is 24.6 Å². The lowest BCUT2D eigenvalue weighted by Gasteiger charge is -2.40. The Balaban J connectivity index is 1.25. The molecule has 174 valence electrons. The van der Waals surface area contributed by atoms with Gasteiger partial charge >= 0.3 is 12.1 Å². The first-order valence-corrected chi connectivity index (χ1v) is 11.6. The number of anilines is 1. The molecule has 3 aromatic rings. The van der Waals surface area contributed by atoms with Gasteiger partial charge in [-0.15, -0.1) is 0 Å². The highest BCUT2D eigenvalue weighted by atomic mass is 16.5. The van der Waals surface area contributed by atoms with Gasteiger partial charge in [0.2, 0.25) is 0 Å². The summed E-state index contributed by atoms with van der Waals surface area (Å²) in [6, 6.07) is 24.4. The molecule has 1 aliphatic carbocycles. The van der Waals surface area contributed by atoms with Crippen LogP contribution >= 0.6 is 0 Å². The molecular weight excluding hydrogens is 428 g/mol. The lowest BCUT2D eigenvalue weighted by Crippen LogP contribution is -2.60. The second-order valence-corrected chi connectivity index (χ2v) is 9.16. The molecule has 0 atom stereocenters. The minimum absolute atomic E-state index is 0.0673. The van der Waals surface area contributed by atoms with Crippen LogP contribution in [0.25, 0.3) is 11.1 Å². The molecule has 2 N–H and O–H groups in total. The molecular formula is C28H28N2O4. The van der Waals surface area contributed by atoms with Crippen molar-refractivity contribution in [1.82, 2.24) is 5.32 Å². The Morgan fingerprint density at radius 3 is 2.06 bits per heavy atom. The number of piperidine rings is 1. The monoisotopic (exact) mass is 456 g/mol. The van der Waals surface area contributed by atoms with E-state index in [1.165, 1.54) is 5.56 Å². The zero-order valence-corrected chi connectivity index (χ0v) is 19.2. The van der Waals surface area contributed by atoms with Crippen LogP contribution < -0.4 is 10.2 Å². The molecule has 2 aliphatic rings. The molecule has 1 saturated heterocycles. The molecule has 0 aromatic heterocycles.